The predicted molar refractivity (Wildman–Crippen MR) is 166 cm³/mol. The summed E-state index contributed by atoms with van der Waals surface area (Å²) < 4.78 is 21.3. The molecule has 0 atom stereocenters. The summed E-state index contributed by atoms with van der Waals surface area (Å²) >= 11 is 0. The van der Waals surface area contributed by atoms with Crippen LogP contribution in [0.2, 0.25) is 0 Å². The highest BCUT2D eigenvalue weighted by Crippen LogP contribution is 2.31. The van der Waals surface area contributed by atoms with Gasteiger partial charge < -0.3 is 18.9 Å². The predicted octanol–water partition coefficient (Wildman–Crippen LogP) is 6.40. The SMILES string of the molecule is C=C(Oc1ccc(CCC(=O)c2ccc3c(c2)C(=O)OC3=C)cc1C(=O)OCCc1ccccc1)c1ccc2c(c1)C(=O)OC2=O. The maximum atomic E-state index is 13.3. The summed E-state index contributed by atoms with van der Waals surface area (Å²) in [6.45, 7) is 7.78. The Hall–Kier alpha value is -6.09. The number of ketones is 1. The maximum Gasteiger partial charge on any atom is 0.346 e. The van der Waals surface area contributed by atoms with Crippen LogP contribution in [-0.2, 0) is 27.1 Å². The second-order valence-electron chi connectivity index (χ2n) is 10.7. The fourth-order valence-electron chi connectivity index (χ4n) is 5.17. The van der Waals surface area contributed by atoms with Crippen LogP contribution in [0.4, 0.5) is 0 Å². The summed E-state index contributed by atoms with van der Waals surface area (Å²) in [6.07, 6.45) is 0.906. The van der Waals surface area contributed by atoms with Gasteiger partial charge in [0, 0.05) is 29.5 Å². The molecule has 9 nitrogen and oxygen atoms in total. The Bertz CT molecular complexity index is 1970. The second kappa shape index (κ2) is 12.5. The zero-order valence-electron chi connectivity index (χ0n) is 24.5. The number of carbonyl (C=O) groups excluding carboxylic acids is 5. The molecule has 2 aliphatic heterocycles. The van der Waals surface area contributed by atoms with E-state index in [9.17, 15) is 24.0 Å². The first-order chi connectivity index (χ1) is 22.2. The molecular formula is C37H26O9. The number of hydrogen-bond acceptors (Lipinski definition) is 9. The van der Waals surface area contributed by atoms with E-state index in [-0.39, 0.29) is 52.8 Å². The molecule has 0 aliphatic carbocycles. The molecule has 9 heteroatoms. The molecule has 6 rings (SSSR count). The number of esters is 4. The smallest absolute Gasteiger partial charge is 0.346 e. The highest BCUT2D eigenvalue weighted by atomic mass is 16.6. The lowest BCUT2D eigenvalue weighted by Gasteiger charge is -2.15. The molecule has 4 aromatic rings. The van der Waals surface area contributed by atoms with E-state index < -0.39 is 23.9 Å². The number of ether oxygens (including phenoxy) is 4. The molecule has 2 heterocycles. The molecular weight excluding hydrogens is 588 g/mol. The molecule has 0 fully saturated rings. The number of cyclic esters (lactones) is 3. The van der Waals surface area contributed by atoms with Gasteiger partial charge in [0.15, 0.2) is 5.78 Å². The zero-order chi connectivity index (χ0) is 32.4. The van der Waals surface area contributed by atoms with Gasteiger partial charge in [-0.05, 0) is 53.9 Å². The number of benzene rings is 4. The number of carbonyl (C=O) groups is 5. The van der Waals surface area contributed by atoms with Crippen molar-refractivity contribution < 1.29 is 42.9 Å². The molecule has 0 bridgehead atoms. The highest BCUT2D eigenvalue weighted by molar-refractivity contribution is 6.15. The largest absolute Gasteiger partial charge is 0.462 e. The van der Waals surface area contributed by atoms with E-state index in [4.69, 9.17) is 14.2 Å². The molecule has 0 amide bonds. The molecule has 0 saturated carbocycles. The summed E-state index contributed by atoms with van der Waals surface area (Å²) in [4.78, 5) is 62.3. The number of rotatable bonds is 11. The van der Waals surface area contributed by atoms with E-state index in [2.05, 4.69) is 17.9 Å². The number of Topliss-reactive ketones (excluding diaryl/α,β-unsaturated/α-hetero) is 1. The van der Waals surface area contributed by atoms with E-state index >= 15 is 0 Å². The van der Waals surface area contributed by atoms with Crippen LogP contribution in [0.5, 0.6) is 5.75 Å². The Morgan fingerprint density at radius 2 is 1.35 bits per heavy atom. The van der Waals surface area contributed by atoms with Crippen LogP contribution in [0.1, 0.15) is 80.5 Å². The third kappa shape index (κ3) is 6.11. The molecule has 2 aliphatic rings. The lowest BCUT2D eigenvalue weighted by molar-refractivity contribution is 0.0440. The van der Waals surface area contributed by atoms with Gasteiger partial charge in [-0.3, -0.25) is 4.79 Å². The fourth-order valence-corrected chi connectivity index (χ4v) is 5.17. The van der Waals surface area contributed by atoms with Crippen molar-refractivity contribution in [3.05, 3.63) is 148 Å². The van der Waals surface area contributed by atoms with E-state index in [1.54, 1.807) is 36.4 Å². The quantitative estimate of drug-likeness (QED) is 0.0621. The minimum atomic E-state index is -0.762. The van der Waals surface area contributed by atoms with Crippen molar-refractivity contribution in [2.24, 2.45) is 0 Å². The zero-order valence-corrected chi connectivity index (χ0v) is 24.5. The normalized spacial score (nSPS) is 13.0. The van der Waals surface area contributed by atoms with Gasteiger partial charge in [-0.25, -0.2) is 19.2 Å². The standard InChI is InChI=1S/C37H26O9/c1-21(25-10-13-28-30(19-25)37(42)46-35(28)40)44-33-15-9-24(18-31(33)34(39)43-17-16-23-6-4-3-5-7-23)8-14-32(38)26-11-12-27-22(2)45-36(41)29(27)20-26/h3-7,9-13,15,18-20H,1-2,8,14,16-17H2. The summed E-state index contributed by atoms with van der Waals surface area (Å²) in [5, 5.41) is 0. The van der Waals surface area contributed by atoms with Gasteiger partial charge in [0.1, 0.15) is 22.8 Å². The highest BCUT2D eigenvalue weighted by Gasteiger charge is 2.30. The van der Waals surface area contributed by atoms with Crippen molar-refractivity contribution in [2.45, 2.75) is 19.3 Å². The molecule has 0 spiro atoms. The van der Waals surface area contributed by atoms with Crippen molar-refractivity contribution in [3.8, 4) is 5.75 Å². The van der Waals surface area contributed by atoms with Gasteiger partial charge in [-0.15, -0.1) is 0 Å². The van der Waals surface area contributed by atoms with Crippen LogP contribution in [0.15, 0.2) is 98.1 Å². The lowest BCUT2D eigenvalue weighted by atomic mass is 9.98. The average Bonchev–Trinajstić information content (AvgIpc) is 3.52. The third-order valence-electron chi connectivity index (χ3n) is 7.65. The van der Waals surface area contributed by atoms with Crippen LogP contribution in [0.3, 0.4) is 0 Å². The van der Waals surface area contributed by atoms with E-state index in [0.717, 1.165) is 5.56 Å². The van der Waals surface area contributed by atoms with Crippen molar-refractivity contribution in [1.29, 1.82) is 0 Å². The average molecular weight is 615 g/mol. The van der Waals surface area contributed by atoms with Crippen molar-refractivity contribution in [3.63, 3.8) is 0 Å². The Morgan fingerprint density at radius 1 is 0.674 bits per heavy atom. The van der Waals surface area contributed by atoms with Crippen LogP contribution < -0.4 is 4.74 Å². The number of aryl methyl sites for hydroxylation is 1. The maximum absolute atomic E-state index is 13.3. The van der Waals surface area contributed by atoms with Gasteiger partial charge in [-0.2, -0.15) is 0 Å². The van der Waals surface area contributed by atoms with E-state index in [1.165, 1.54) is 18.2 Å². The molecule has 4 aromatic carbocycles. The Kier molecular flexibility index (Phi) is 8.13. The molecule has 0 N–H and O–H groups in total. The Morgan fingerprint density at radius 3 is 2.15 bits per heavy atom. The Balaban J connectivity index is 1.20. The fraction of sp³-hybridized carbons (Fsp3) is 0.108. The van der Waals surface area contributed by atoms with Crippen molar-refractivity contribution in [1.82, 2.24) is 0 Å². The molecule has 0 unspecified atom stereocenters. The lowest BCUT2D eigenvalue weighted by Crippen LogP contribution is -2.11. The first-order valence-corrected chi connectivity index (χ1v) is 14.4. The first-order valence-electron chi connectivity index (χ1n) is 14.4. The third-order valence-corrected chi connectivity index (χ3v) is 7.65. The summed E-state index contributed by atoms with van der Waals surface area (Å²) in [7, 11) is 0. The second-order valence-corrected chi connectivity index (χ2v) is 10.7. The topological polar surface area (TPSA) is 122 Å². The molecule has 0 saturated heterocycles. The molecule has 46 heavy (non-hydrogen) atoms. The summed E-state index contributed by atoms with van der Waals surface area (Å²) in [6, 6.07) is 23.7. The van der Waals surface area contributed by atoms with Gasteiger partial charge in [0.05, 0.1) is 23.3 Å². The van der Waals surface area contributed by atoms with Crippen LogP contribution in [-0.4, -0.2) is 36.3 Å². The number of fused-ring (bicyclic) bond motifs is 2. The van der Waals surface area contributed by atoms with Gasteiger partial charge >= 0.3 is 23.9 Å². The minimum absolute atomic E-state index is 0.0954. The molecule has 228 valence electrons. The summed E-state index contributed by atoms with van der Waals surface area (Å²) in [5.74, 6) is -2.33. The van der Waals surface area contributed by atoms with Gasteiger partial charge in [0.2, 0.25) is 0 Å². The number of hydrogen-bond donors (Lipinski definition) is 0. The molecule has 0 radical (unpaired) electrons. The first kappa shape index (κ1) is 30.0. The van der Waals surface area contributed by atoms with Crippen molar-refractivity contribution in [2.75, 3.05) is 6.61 Å². The monoisotopic (exact) mass is 614 g/mol. The molecule has 0 aromatic heterocycles. The van der Waals surface area contributed by atoms with Crippen LogP contribution in [0, 0.1) is 0 Å². The van der Waals surface area contributed by atoms with Gasteiger partial charge in [-0.1, -0.05) is 61.7 Å². The van der Waals surface area contributed by atoms with Crippen LogP contribution in [0.25, 0.3) is 11.5 Å². The minimum Gasteiger partial charge on any atom is -0.462 e. The van der Waals surface area contributed by atoms with Gasteiger partial charge in [0.25, 0.3) is 0 Å². The van der Waals surface area contributed by atoms with E-state index in [0.29, 0.717) is 40.7 Å². The Labute approximate surface area is 263 Å². The van der Waals surface area contributed by atoms with Crippen molar-refractivity contribution >= 4 is 41.2 Å². The van der Waals surface area contributed by atoms with Crippen LogP contribution >= 0.6 is 0 Å². The van der Waals surface area contributed by atoms with E-state index in [1.807, 2.05) is 30.3 Å². The summed E-state index contributed by atoms with van der Waals surface area (Å²) in [5.41, 5.74) is 3.67.